The first-order valence-corrected chi connectivity index (χ1v) is 11.5. The summed E-state index contributed by atoms with van der Waals surface area (Å²) in [6, 6.07) is 14.1. The number of rotatable bonds is 8. The maximum Gasteiger partial charge on any atom is 0.293 e. The van der Waals surface area contributed by atoms with Crippen molar-refractivity contribution in [3.8, 4) is 0 Å². The molecule has 1 saturated heterocycles. The molecule has 0 radical (unpaired) electrons. The summed E-state index contributed by atoms with van der Waals surface area (Å²) >= 11 is 0. The summed E-state index contributed by atoms with van der Waals surface area (Å²) < 4.78 is 27.3. The lowest BCUT2D eigenvalue weighted by molar-refractivity contribution is -0.384. The predicted octanol–water partition coefficient (Wildman–Crippen LogP) is 3.14. The van der Waals surface area contributed by atoms with Gasteiger partial charge < -0.3 is 10.2 Å². The third-order valence-corrected chi connectivity index (χ3v) is 7.46. The van der Waals surface area contributed by atoms with Crippen molar-refractivity contribution >= 4 is 21.4 Å². The molecule has 0 amide bonds. The number of nitro groups is 1. The average Bonchev–Trinajstić information content (AvgIpc) is 2.75. The van der Waals surface area contributed by atoms with Crippen LogP contribution in [0.5, 0.6) is 0 Å². The zero-order valence-corrected chi connectivity index (χ0v) is 18.1. The van der Waals surface area contributed by atoms with Crippen LogP contribution >= 0.6 is 0 Å². The molecule has 9 heteroatoms. The first-order valence-electron chi connectivity index (χ1n) is 10.1. The van der Waals surface area contributed by atoms with Gasteiger partial charge in [0.1, 0.15) is 5.69 Å². The minimum absolute atomic E-state index is 0.0422. The molecule has 1 heterocycles. The van der Waals surface area contributed by atoms with E-state index in [0.717, 1.165) is 12.0 Å². The van der Waals surface area contributed by atoms with Crippen molar-refractivity contribution < 1.29 is 13.3 Å². The van der Waals surface area contributed by atoms with E-state index < -0.39 is 14.9 Å². The van der Waals surface area contributed by atoms with E-state index in [1.54, 1.807) is 0 Å². The Bertz CT molecular complexity index is 974. The summed E-state index contributed by atoms with van der Waals surface area (Å²) in [6.45, 7) is 4.62. The van der Waals surface area contributed by atoms with Gasteiger partial charge in [0.2, 0.25) is 10.0 Å². The summed E-state index contributed by atoms with van der Waals surface area (Å²) in [5.74, 6) is 0.194. The average molecular weight is 433 g/mol. The van der Waals surface area contributed by atoms with Gasteiger partial charge in [-0.25, -0.2) is 8.42 Å². The molecule has 0 bridgehead atoms. The lowest BCUT2D eigenvalue weighted by atomic mass is 9.96. The highest BCUT2D eigenvalue weighted by atomic mass is 32.2. The molecule has 0 spiro atoms. The van der Waals surface area contributed by atoms with Crippen molar-refractivity contribution in [2.24, 2.45) is 0 Å². The molecule has 0 saturated carbocycles. The Balaban J connectivity index is 1.81. The number of sulfonamides is 1. The van der Waals surface area contributed by atoms with Crippen molar-refractivity contribution in [3.05, 3.63) is 64.2 Å². The smallest absolute Gasteiger partial charge is 0.293 e. The standard InChI is InChI=1S/C21H28N4O4S/c1-3-17(18-7-5-4-6-8-18)16-22-20-10-9-19(15-21(20)25(26)27)30(28,29)24-13-11-23(2)12-14-24/h4-10,15,17,22H,3,11-14,16H2,1-2H3. The molecule has 1 aliphatic heterocycles. The highest BCUT2D eigenvalue weighted by Gasteiger charge is 2.29. The minimum Gasteiger partial charge on any atom is -0.379 e. The van der Waals surface area contributed by atoms with Gasteiger partial charge in [0.05, 0.1) is 9.82 Å². The quantitative estimate of drug-likeness (QED) is 0.509. The van der Waals surface area contributed by atoms with Gasteiger partial charge in [0.15, 0.2) is 0 Å². The van der Waals surface area contributed by atoms with Crippen molar-refractivity contribution in [1.29, 1.82) is 0 Å². The molecule has 1 N–H and O–H groups in total. The number of nitro benzene ring substituents is 1. The second kappa shape index (κ2) is 9.55. The maximum absolute atomic E-state index is 12.9. The Hall–Kier alpha value is -2.49. The summed E-state index contributed by atoms with van der Waals surface area (Å²) in [6.07, 6.45) is 0.876. The molecular weight excluding hydrogens is 404 g/mol. The SMILES string of the molecule is CCC(CNc1ccc(S(=O)(=O)N2CCN(C)CC2)cc1[N+](=O)[O-])c1ccccc1. The summed E-state index contributed by atoms with van der Waals surface area (Å²) in [4.78, 5) is 13.1. The van der Waals surface area contributed by atoms with E-state index in [1.807, 2.05) is 37.4 Å². The predicted molar refractivity (Wildman–Crippen MR) is 117 cm³/mol. The van der Waals surface area contributed by atoms with Crippen LogP contribution in [0.1, 0.15) is 24.8 Å². The fourth-order valence-corrected chi connectivity index (χ4v) is 5.05. The molecule has 1 atom stereocenters. The van der Waals surface area contributed by atoms with Crippen LogP contribution in [0.4, 0.5) is 11.4 Å². The van der Waals surface area contributed by atoms with E-state index in [1.165, 1.54) is 22.5 Å². The monoisotopic (exact) mass is 432 g/mol. The van der Waals surface area contributed by atoms with Crippen LogP contribution in [0.3, 0.4) is 0 Å². The van der Waals surface area contributed by atoms with Crippen LogP contribution in [0, 0.1) is 10.1 Å². The van der Waals surface area contributed by atoms with Gasteiger partial charge in [-0.15, -0.1) is 0 Å². The molecule has 1 fully saturated rings. The molecule has 30 heavy (non-hydrogen) atoms. The van der Waals surface area contributed by atoms with Crippen molar-refractivity contribution in [3.63, 3.8) is 0 Å². The number of piperazine rings is 1. The van der Waals surface area contributed by atoms with Crippen LogP contribution in [0.25, 0.3) is 0 Å². The fourth-order valence-electron chi connectivity index (χ4n) is 3.61. The Morgan fingerprint density at radius 3 is 2.37 bits per heavy atom. The Morgan fingerprint density at radius 2 is 1.77 bits per heavy atom. The highest BCUT2D eigenvalue weighted by molar-refractivity contribution is 7.89. The number of hydrogen-bond donors (Lipinski definition) is 1. The van der Waals surface area contributed by atoms with Gasteiger partial charge in [0.25, 0.3) is 5.69 Å². The number of nitrogens with zero attached hydrogens (tertiary/aromatic N) is 3. The second-order valence-electron chi connectivity index (χ2n) is 7.54. The first-order chi connectivity index (χ1) is 14.3. The van der Waals surface area contributed by atoms with E-state index in [4.69, 9.17) is 0 Å². The number of hydrogen-bond acceptors (Lipinski definition) is 6. The Kier molecular flexibility index (Phi) is 7.06. The minimum atomic E-state index is -3.76. The third-order valence-electron chi connectivity index (χ3n) is 5.57. The number of benzene rings is 2. The number of anilines is 1. The summed E-state index contributed by atoms with van der Waals surface area (Å²) in [7, 11) is -1.82. The molecule has 162 valence electrons. The number of nitrogens with one attached hydrogen (secondary N) is 1. The Labute approximate surface area is 177 Å². The zero-order valence-electron chi connectivity index (χ0n) is 17.3. The van der Waals surface area contributed by atoms with Gasteiger partial charge in [-0.05, 0) is 31.2 Å². The summed E-state index contributed by atoms with van der Waals surface area (Å²) in [5, 5.41) is 14.8. The zero-order chi connectivity index (χ0) is 21.7. The van der Waals surface area contributed by atoms with E-state index in [2.05, 4.69) is 17.1 Å². The lowest BCUT2D eigenvalue weighted by Gasteiger charge is -2.31. The molecule has 1 unspecified atom stereocenters. The molecule has 0 aliphatic carbocycles. The molecular formula is C21H28N4O4S. The van der Waals surface area contributed by atoms with Crippen LogP contribution < -0.4 is 5.32 Å². The molecule has 8 nitrogen and oxygen atoms in total. The molecule has 2 aromatic rings. The van der Waals surface area contributed by atoms with Crippen molar-refractivity contribution in [1.82, 2.24) is 9.21 Å². The van der Waals surface area contributed by atoms with Crippen LogP contribution in [-0.2, 0) is 10.0 Å². The van der Waals surface area contributed by atoms with Crippen LogP contribution in [0.15, 0.2) is 53.4 Å². The van der Waals surface area contributed by atoms with Gasteiger partial charge in [-0.3, -0.25) is 10.1 Å². The normalized spacial score (nSPS) is 16.9. The fraction of sp³-hybridized carbons (Fsp3) is 0.429. The van der Waals surface area contributed by atoms with Crippen LogP contribution in [0.2, 0.25) is 0 Å². The van der Waals surface area contributed by atoms with E-state index in [-0.39, 0.29) is 16.5 Å². The molecule has 2 aromatic carbocycles. The lowest BCUT2D eigenvalue weighted by Crippen LogP contribution is -2.47. The maximum atomic E-state index is 12.9. The van der Waals surface area contributed by atoms with Crippen molar-refractivity contribution in [2.45, 2.75) is 24.2 Å². The van der Waals surface area contributed by atoms with Gasteiger partial charge in [0, 0.05) is 44.7 Å². The van der Waals surface area contributed by atoms with Crippen molar-refractivity contribution in [2.75, 3.05) is 45.1 Å². The Morgan fingerprint density at radius 1 is 1.10 bits per heavy atom. The van der Waals surface area contributed by atoms with Gasteiger partial charge in [-0.2, -0.15) is 4.31 Å². The second-order valence-corrected chi connectivity index (χ2v) is 9.48. The molecule has 1 aliphatic rings. The van der Waals surface area contributed by atoms with E-state index >= 15 is 0 Å². The largest absolute Gasteiger partial charge is 0.379 e. The molecule has 0 aromatic heterocycles. The highest BCUT2D eigenvalue weighted by Crippen LogP contribution is 2.30. The van der Waals surface area contributed by atoms with Gasteiger partial charge in [-0.1, -0.05) is 37.3 Å². The topological polar surface area (TPSA) is 95.8 Å². The molecule has 3 rings (SSSR count). The third kappa shape index (κ3) is 4.97. The van der Waals surface area contributed by atoms with Gasteiger partial charge >= 0.3 is 0 Å². The van der Waals surface area contributed by atoms with E-state index in [0.29, 0.717) is 38.4 Å². The first kappa shape index (κ1) is 22.2. The van der Waals surface area contributed by atoms with Crippen LogP contribution in [-0.4, -0.2) is 62.3 Å². The summed E-state index contributed by atoms with van der Waals surface area (Å²) in [5.41, 5.74) is 1.25. The number of likely N-dealkylation sites (N-methyl/N-ethyl adjacent to an activating group) is 1. The van der Waals surface area contributed by atoms with E-state index in [9.17, 15) is 18.5 Å².